The summed E-state index contributed by atoms with van der Waals surface area (Å²) in [5, 5.41) is 26.1. The fraction of sp³-hybridized carbons (Fsp3) is 0.556. The number of rotatable bonds is 4. The molecule has 2 unspecified atom stereocenters. The molecular formula is C9H12F3N3O3. The van der Waals surface area contributed by atoms with Crippen LogP contribution in [0, 0.1) is 0 Å². The SMILES string of the molecule is CC(=O)NCC(O)C(O)c1cn[nH]c1C(F)(F)F. The van der Waals surface area contributed by atoms with Crippen LogP contribution in [0.2, 0.25) is 0 Å². The summed E-state index contributed by atoms with van der Waals surface area (Å²) in [6.45, 7) is 0.817. The lowest BCUT2D eigenvalue weighted by molar-refractivity contribution is -0.143. The Hall–Kier alpha value is -1.61. The van der Waals surface area contributed by atoms with Crippen LogP contribution in [0.15, 0.2) is 6.20 Å². The van der Waals surface area contributed by atoms with Crippen molar-refractivity contribution in [1.29, 1.82) is 0 Å². The van der Waals surface area contributed by atoms with Gasteiger partial charge in [0.05, 0.1) is 6.20 Å². The predicted molar refractivity (Wildman–Crippen MR) is 53.2 cm³/mol. The maximum atomic E-state index is 12.5. The normalized spacial score (nSPS) is 15.2. The first-order chi connectivity index (χ1) is 8.23. The molecule has 0 saturated carbocycles. The Labute approximate surface area is 99.8 Å². The number of aromatic nitrogens is 2. The van der Waals surface area contributed by atoms with Gasteiger partial charge in [-0.05, 0) is 0 Å². The molecule has 9 heteroatoms. The van der Waals surface area contributed by atoms with Gasteiger partial charge in [0, 0.05) is 19.0 Å². The Morgan fingerprint density at radius 1 is 1.56 bits per heavy atom. The van der Waals surface area contributed by atoms with Gasteiger partial charge in [0.1, 0.15) is 17.9 Å². The van der Waals surface area contributed by atoms with Crippen molar-refractivity contribution in [3.63, 3.8) is 0 Å². The average Bonchev–Trinajstić information content (AvgIpc) is 2.72. The zero-order chi connectivity index (χ0) is 13.9. The molecule has 0 aliphatic rings. The summed E-state index contributed by atoms with van der Waals surface area (Å²) in [4.78, 5) is 10.6. The van der Waals surface area contributed by atoms with E-state index < -0.39 is 35.5 Å². The number of nitrogens with one attached hydrogen (secondary N) is 2. The van der Waals surface area contributed by atoms with E-state index in [1.165, 1.54) is 6.92 Å². The topological polar surface area (TPSA) is 98.2 Å². The minimum Gasteiger partial charge on any atom is -0.388 e. The second kappa shape index (κ2) is 5.36. The number of carbonyl (C=O) groups excluding carboxylic acids is 1. The van der Waals surface area contributed by atoms with E-state index in [2.05, 4.69) is 10.4 Å². The third-order valence-electron chi connectivity index (χ3n) is 2.20. The second-order valence-electron chi connectivity index (χ2n) is 3.65. The third-order valence-corrected chi connectivity index (χ3v) is 2.20. The molecule has 1 rings (SSSR count). The molecule has 6 nitrogen and oxygen atoms in total. The van der Waals surface area contributed by atoms with Crippen LogP contribution in [0.5, 0.6) is 0 Å². The van der Waals surface area contributed by atoms with Crippen LogP contribution in [0.25, 0.3) is 0 Å². The highest BCUT2D eigenvalue weighted by Crippen LogP contribution is 2.33. The highest BCUT2D eigenvalue weighted by molar-refractivity contribution is 5.72. The van der Waals surface area contributed by atoms with Crippen molar-refractivity contribution >= 4 is 5.91 Å². The van der Waals surface area contributed by atoms with Crippen molar-refractivity contribution in [2.24, 2.45) is 0 Å². The number of H-pyrrole nitrogens is 1. The average molecular weight is 267 g/mol. The molecule has 1 aromatic rings. The van der Waals surface area contributed by atoms with E-state index in [1.54, 1.807) is 5.10 Å². The Bertz CT molecular complexity index is 419. The van der Waals surface area contributed by atoms with Crippen LogP contribution in [0.1, 0.15) is 24.3 Å². The molecule has 0 aliphatic heterocycles. The summed E-state index contributed by atoms with van der Waals surface area (Å²) < 4.78 is 37.5. The van der Waals surface area contributed by atoms with E-state index in [4.69, 9.17) is 0 Å². The standard InChI is InChI=1S/C9H12F3N3O3/c1-4(16)13-3-6(17)7(18)5-2-14-15-8(5)9(10,11)12/h2,6-7,17-18H,3H2,1H3,(H,13,16)(H,14,15). The number of nitrogens with zero attached hydrogens (tertiary/aromatic N) is 1. The second-order valence-corrected chi connectivity index (χ2v) is 3.65. The van der Waals surface area contributed by atoms with E-state index in [1.807, 2.05) is 0 Å². The summed E-state index contributed by atoms with van der Waals surface area (Å²) in [5.41, 5.74) is -1.79. The maximum absolute atomic E-state index is 12.5. The molecule has 0 aliphatic carbocycles. The van der Waals surface area contributed by atoms with E-state index in [0.29, 0.717) is 0 Å². The molecule has 0 aromatic carbocycles. The lowest BCUT2D eigenvalue weighted by Gasteiger charge is -2.18. The van der Waals surface area contributed by atoms with Crippen molar-refractivity contribution in [3.8, 4) is 0 Å². The highest BCUT2D eigenvalue weighted by atomic mass is 19.4. The van der Waals surface area contributed by atoms with Gasteiger partial charge in [-0.25, -0.2) is 0 Å². The van der Waals surface area contributed by atoms with Crippen molar-refractivity contribution in [2.45, 2.75) is 25.3 Å². The number of halogens is 3. The van der Waals surface area contributed by atoms with Gasteiger partial charge >= 0.3 is 6.18 Å². The van der Waals surface area contributed by atoms with E-state index >= 15 is 0 Å². The summed E-state index contributed by atoms with van der Waals surface area (Å²) in [6.07, 6.45) is -7.29. The zero-order valence-electron chi connectivity index (χ0n) is 9.32. The highest BCUT2D eigenvalue weighted by Gasteiger charge is 2.38. The smallest absolute Gasteiger partial charge is 0.388 e. The van der Waals surface area contributed by atoms with Gasteiger partial charge in [0.25, 0.3) is 0 Å². The molecule has 0 bridgehead atoms. The Kier molecular flexibility index (Phi) is 4.30. The molecule has 0 spiro atoms. The van der Waals surface area contributed by atoms with Crippen LogP contribution in [-0.2, 0) is 11.0 Å². The van der Waals surface area contributed by atoms with Gasteiger partial charge in [0.15, 0.2) is 0 Å². The van der Waals surface area contributed by atoms with E-state index in [0.717, 1.165) is 6.20 Å². The summed E-state index contributed by atoms with van der Waals surface area (Å²) >= 11 is 0. The van der Waals surface area contributed by atoms with Gasteiger partial charge in [-0.15, -0.1) is 0 Å². The molecular weight excluding hydrogens is 255 g/mol. The first-order valence-electron chi connectivity index (χ1n) is 4.94. The number of aliphatic hydroxyl groups is 2. The zero-order valence-corrected chi connectivity index (χ0v) is 9.32. The van der Waals surface area contributed by atoms with Gasteiger partial charge in [-0.1, -0.05) is 0 Å². The number of hydrogen-bond donors (Lipinski definition) is 4. The molecule has 1 amide bonds. The lowest BCUT2D eigenvalue weighted by atomic mass is 10.0. The number of alkyl halides is 3. The van der Waals surface area contributed by atoms with Crippen LogP contribution >= 0.6 is 0 Å². The molecule has 18 heavy (non-hydrogen) atoms. The summed E-state index contributed by atoms with van der Waals surface area (Å²) in [7, 11) is 0. The largest absolute Gasteiger partial charge is 0.433 e. The summed E-state index contributed by atoms with van der Waals surface area (Å²) in [6, 6.07) is 0. The third kappa shape index (κ3) is 3.44. The molecule has 102 valence electrons. The van der Waals surface area contributed by atoms with Gasteiger partial charge in [-0.2, -0.15) is 18.3 Å². The van der Waals surface area contributed by atoms with E-state index in [-0.39, 0.29) is 6.54 Å². The van der Waals surface area contributed by atoms with Crippen LogP contribution < -0.4 is 5.32 Å². The number of aliphatic hydroxyl groups excluding tert-OH is 2. The summed E-state index contributed by atoms with van der Waals surface area (Å²) in [5.74, 6) is -0.468. The number of carbonyl (C=O) groups is 1. The number of amides is 1. The Balaban J connectivity index is 2.81. The quantitative estimate of drug-likeness (QED) is 0.615. The molecule has 0 radical (unpaired) electrons. The van der Waals surface area contributed by atoms with Crippen molar-refractivity contribution in [2.75, 3.05) is 6.54 Å². The van der Waals surface area contributed by atoms with Crippen molar-refractivity contribution in [3.05, 3.63) is 17.5 Å². The lowest BCUT2D eigenvalue weighted by Crippen LogP contribution is -2.34. The Morgan fingerprint density at radius 3 is 2.67 bits per heavy atom. The van der Waals surface area contributed by atoms with Crippen LogP contribution in [-0.4, -0.2) is 39.0 Å². The fourth-order valence-electron chi connectivity index (χ4n) is 1.31. The fourth-order valence-corrected chi connectivity index (χ4v) is 1.31. The number of hydrogen-bond acceptors (Lipinski definition) is 4. The monoisotopic (exact) mass is 267 g/mol. The first-order valence-corrected chi connectivity index (χ1v) is 4.94. The molecule has 4 N–H and O–H groups in total. The maximum Gasteiger partial charge on any atom is 0.433 e. The molecule has 0 fully saturated rings. The van der Waals surface area contributed by atoms with Gasteiger partial charge in [-0.3, -0.25) is 9.89 Å². The molecule has 1 heterocycles. The minimum atomic E-state index is -4.71. The van der Waals surface area contributed by atoms with Crippen molar-refractivity contribution < 1.29 is 28.2 Å². The van der Waals surface area contributed by atoms with Gasteiger partial charge in [0.2, 0.25) is 5.91 Å². The van der Waals surface area contributed by atoms with Gasteiger partial charge < -0.3 is 15.5 Å². The first kappa shape index (κ1) is 14.5. The minimum absolute atomic E-state index is 0.362. The van der Waals surface area contributed by atoms with E-state index in [9.17, 15) is 28.2 Å². The number of aromatic amines is 1. The molecule has 2 atom stereocenters. The Morgan fingerprint density at radius 2 is 2.17 bits per heavy atom. The van der Waals surface area contributed by atoms with Crippen molar-refractivity contribution in [1.82, 2.24) is 15.5 Å². The molecule has 1 aromatic heterocycles. The predicted octanol–water partition coefficient (Wildman–Crippen LogP) is -0.0411. The van der Waals surface area contributed by atoms with Crippen LogP contribution in [0.3, 0.4) is 0 Å². The van der Waals surface area contributed by atoms with Crippen LogP contribution in [0.4, 0.5) is 13.2 Å². The molecule has 0 saturated heterocycles.